The Kier molecular flexibility index (Phi) is 9.31. The summed E-state index contributed by atoms with van der Waals surface area (Å²) in [6, 6.07) is 14.8. The van der Waals surface area contributed by atoms with Crippen LogP contribution in [0.1, 0.15) is 5.56 Å². The zero-order valence-electron chi connectivity index (χ0n) is 18.6. The lowest BCUT2D eigenvalue weighted by molar-refractivity contribution is -0.118. The second kappa shape index (κ2) is 12.4. The summed E-state index contributed by atoms with van der Waals surface area (Å²) >= 11 is 15.2. The molecule has 3 aromatic carbocycles. The molecule has 36 heavy (non-hydrogen) atoms. The highest BCUT2D eigenvalue weighted by Gasteiger charge is 2.16. The van der Waals surface area contributed by atoms with Gasteiger partial charge in [0, 0.05) is 11.4 Å². The molecule has 0 fully saturated rings. The fraction of sp³-hybridized carbons (Fsp3) is 0.0800. The van der Waals surface area contributed by atoms with Gasteiger partial charge in [0.1, 0.15) is 17.5 Å². The number of hydrogen-bond acceptors (Lipinski definition) is 5. The standard InChI is InChI=1S/C25H17BrCl2FN3O4/c1-35-22-10-14(8-15(12-30)25(34)32-17-4-2-16(29)3-5-17)9-19(26)24(22)36-13-23(33)31-18-6-7-20(27)21(28)11-18/h2-11H,13H2,1H3,(H,31,33)(H,32,34)/b15-8+. The first-order valence-electron chi connectivity index (χ1n) is 10.1. The minimum Gasteiger partial charge on any atom is -0.493 e. The van der Waals surface area contributed by atoms with Crippen LogP contribution in [-0.4, -0.2) is 25.5 Å². The number of benzene rings is 3. The Morgan fingerprint density at radius 1 is 1.06 bits per heavy atom. The van der Waals surface area contributed by atoms with Gasteiger partial charge in [-0.15, -0.1) is 0 Å². The van der Waals surface area contributed by atoms with Crippen LogP contribution in [0.3, 0.4) is 0 Å². The molecule has 2 amide bonds. The van der Waals surface area contributed by atoms with Crippen LogP contribution in [0.25, 0.3) is 6.08 Å². The predicted octanol–water partition coefficient (Wildman–Crippen LogP) is 6.47. The summed E-state index contributed by atoms with van der Waals surface area (Å²) in [6.45, 7) is -0.339. The third kappa shape index (κ3) is 7.21. The largest absolute Gasteiger partial charge is 0.493 e. The van der Waals surface area contributed by atoms with Crippen molar-refractivity contribution in [2.24, 2.45) is 0 Å². The Morgan fingerprint density at radius 3 is 2.39 bits per heavy atom. The maximum atomic E-state index is 13.1. The van der Waals surface area contributed by atoms with E-state index in [4.69, 9.17) is 32.7 Å². The molecule has 0 bridgehead atoms. The lowest BCUT2D eigenvalue weighted by Crippen LogP contribution is -2.20. The summed E-state index contributed by atoms with van der Waals surface area (Å²) in [6.07, 6.45) is 1.35. The maximum absolute atomic E-state index is 13.1. The van der Waals surface area contributed by atoms with Crippen molar-refractivity contribution in [3.8, 4) is 17.6 Å². The summed E-state index contributed by atoms with van der Waals surface area (Å²) in [5.74, 6) is -1.06. The van der Waals surface area contributed by atoms with Gasteiger partial charge in [-0.2, -0.15) is 5.26 Å². The third-order valence-corrected chi connectivity index (χ3v) is 5.91. The Morgan fingerprint density at radius 2 is 1.75 bits per heavy atom. The van der Waals surface area contributed by atoms with Crippen molar-refractivity contribution >= 4 is 68.4 Å². The Hall–Kier alpha value is -3.58. The number of carbonyl (C=O) groups excluding carboxylic acids is 2. The summed E-state index contributed by atoms with van der Waals surface area (Å²) in [4.78, 5) is 24.8. The second-order valence-corrected chi connectivity index (χ2v) is 8.80. The van der Waals surface area contributed by atoms with Crippen LogP contribution >= 0.6 is 39.1 Å². The third-order valence-electron chi connectivity index (χ3n) is 4.58. The summed E-state index contributed by atoms with van der Waals surface area (Å²) in [7, 11) is 1.41. The Labute approximate surface area is 224 Å². The van der Waals surface area contributed by atoms with Gasteiger partial charge in [-0.1, -0.05) is 23.2 Å². The van der Waals surface area contributed by atoms with E-state index in [1.165, 1.54) is 43.5 Å². The SMILES string of the molecule is COc1cc(/C=C(\C#N)C(=O)Nc2ccc(F)cc2)cc(Br)c1OCC(=O)Nc1ccc(Cl)c(Cl)c1. The van der Waals surface area contributed by atoms with Crippen LogP contribution in [0.15, 0.2) is 64.6 Å². The first kappa shape index (κ1) is 27.0. The minimum absolute atomic E-state index is 0.192. The number of nitrogens with one attached hydrogen (secondary N) is 2. The molecule has 2 N–H and O–H groups in total. The number of carbonyl (C=O) groups is 2. The molecule has 0 aliphatic rings. The highest BCUT2D eigenvalue weighted by Crippen LogP contribution is 2.37. The number of hydrogen-bond donors (Lipinski definition) is 2. The molecule has 0 spiro atoms. The Balaban J connectivity index is 1.73. The molecule has 0 heterocycles. The molecule has 0 aliphatic heterocycles. The van der Waals surface area contributed by atoms with Gasteiger partial charge < -0.3 is 20.1 Å². The van der Waals surface area contributed by atoms with Crippen molar-refractivity contribution in [1.29, 1.82) is 5.26 Å². The number of rotatable bonds is 8. The number of nitriles is 1. The highest BCUT2D eigenvalue weighted by atomic mass is 79.9. The van der Waals surface area contributed by atoms with Crippen LogP contribution in [-0.2, 0) is 9.59 Å². The molecule has 11 heteroatoms. The van der Waals surface area contributed by atoms with Gasteiger partial charge in [-0.25, -0.2) is 4.39 Å². The molecule has 0 aliphatic carbocycles. The molecular formula is C25H17BrCl2FN3O4. The quantitative estimate of drug-likeness (QED) is 0.231. The van der Waals surface area contributed by atoms with E-state index < -0.39 is 17.6 Å². The van der Waals surface area contributed by atoms with E-state index in [9.17, 15) is 19.2 Å². The average Bonchev–Trinajstić information content (AvgIpc) is 2.85. The number of anilines is 2. The number of nitrogens with zero attached hydrogens (tertiary/aromatic N) is 1. The first-order chi connectivity index (χ1) is 17.2. The predicted molar refractivity (Wildman–Crippen MR) is 140 cm³/mol. The molecular weight excluding hydrogens is 576 g/mol. The first-order valence-corrected chi connectivity index (χ1v) is 11.7. The van der Waals surface area contributed by atoms with Crippen molar-refractivity contribution in [2.75, 3.05) is 24.4 Å². The van der Waals surface area contributed by atoms with Crippen molar-refractivity contribution in [3.05, 3.63) is 86.1 Å². The number of amides is 2. The molecule has 0 unspecified atom stereocenters. The van der Waals surface area contributed by atoms with Gasteiger partial charge in [0.25, 0.3) is 11.8 Å². The van der Waals surface area contributed by atoms with E-state index in [1.807, 2.05) is 6.07 Å². The van der Waals surface area contributed by atoms with Gasteiger partial charge in [0.2, 0.25) is 0 Å². The van der Waals surface area contributed by atoms with E-state index >= 15 is 0 Å². The van der Waals surface area contributed by atoms with Crippen molar-refractivity contribution in [2.45, 2.75) is 0 Å². The molecule has 0 saturated carbocycles. The average molecular weight is 593 g/mol. The van der Waals surface area contributed by atoms with Gasteiger partial charge in [-0.3, -0.25) is 9.59 Å². The lowest BCUT2D eigenvalue weighted by atomic mass is 10.1. The van der Waals surface area contributed by atoms with Crippen LogP contribution in [0, 0.1) is 17.1 Å². The minimum atomic E-state index is -0.668. The number of halogens is 4. The van der Waals surface area contributed by atoms with E-state index in [2.05, 4.69) is 26.6 Å². The smallest absolute Gasteiger partial charge is 0.266 e. The van der Waals surface area contributed by atoms with Gasteiger partial charge in [-0.05, 0) is 82.2 Å². The van der Waals surface area contributed by atoms with E-state index in [0.29, 0.717) is 31.5 Å². The second-order valence-electron chi connectivity index (χ2n) is 7.13. The zero-order valence-corrected chi connectivity index (χ0v) is 21.7. The maximum Gasteiger partial charge on any atom is 0.266 e. The van der Waals surface area contributed by atoms with Gasteiger partial charge in [0.15, 0.2) is 18.1 Å². The fourth-order valence-electron chi connectivity index (χ4n) is 2.92. The van der Waals surface area contributed by atoms with Crippen LogP contribution in [0.4, 0.5) is 15.8 Å². The zero-order chi connectivity index (χ0) is 26.2. The normalized spacial score (nSPS) is 10.8. The topological polar surface area (TPSA) is 100 Å². The molecule has 7 nitrogen and oxygen atoms in total. The highest BCUT2D eigenvalue weighted by molar-refractivity contribution is 9.10. The fourth-order valence-corrected chi connectivity index (χ4v) is 3.79. The Bertz CT molecular complexity index is 1370. The summed E-state index contributed by atoms with van der Waals surface area (Å²) in [5, 5.41) is 15.3. The van der Waals surface area contributed by atoms with Crippen molar-refractivity contribution in [3.63, 3.8) is 0 Å². The molecule has 184 valence electrons. The molecule has 0 aromatic heterocycles. The molecule has 3 rings (SSSR count). The van der Waals surface area contributed by atoms with Gasteiger partial charge in [0.05, 0.1) is 21.6 Å². The molecule has 0 radical (unpaired) electrons. The molecule has 3 aromatic rings. The molecule has 0 saturated heterocycles. The van der Waals surface area contributed by atoms with E-state index in [1.54, 1.807) is 24.3 Å². The van der Waals surface area contributed by atoms with Gasteiger partial charge >= 0.3 is 0 Å². The summed E-state index contributed by atoms with van der Waals surface area (Å²) in [5.41, 5.74) is 1.05. The summed E-state index contributed by atoms with van der Waals surface area (Å²) < 4.78 is 24.5. The van der Waals surface area contributed by atoms with E-state index in [-0.39, 0.29) is 23.7 Å². The number of ether oxygens (including phenoxy) is 2. The van der Waals surface area contributed by atoms with Crippen LogP contribution in [0.2, 0.25) is 10.0 Å². The van der Waals surface area contributed by atoms with Crippen LogP contribution in [0.5, 0.6) is 11.5 Å². The van der Waals surface area contributed by atoms with Crippen molar-refractivity contribution < 1.29 is 23.5 Å². The number of methoxy groups -OCH3 is 1. The lowest BCUT2D eigenvalue weighted by Gasteiger charge is -2.14. The van der Waals surface area contributed by atoms with Crippen molar-refractivity contribution in [1.82, 2.24) is 0 Å². The van der Waals surface area contributed by atoms with Crippen LogP contribution < -0.4 is 20.1 Å². The monoisotopic (exact) mass is 591 g/mol. The molecule has 0 atom stereocenters. The van der Waals surface area contributed by atoms with E-state index in [0.717, 1.165) is 0 Å².